The number of aromatic nitrogens is 1. The summed E-state index contributed by atoms with van der Waals surface area (Å²) >= 11 is 6.72. The van der Waals surface area contributed by atoms with Gasteiger partial charge in [0.05, 0.1) is 4.47 Å². The van der Waals surface area contributed by atoms with Crippen molar-refractivity contribution in [3.8, 4) is 11.6 Å². The Balaban J connectivity index is 2.24. The van der Waals surface area contributed by atoms with Crippen LogP contribution in [0.25, 0.3) is 0 Å². The van der Waals surface area contributed by atoms with Crippen molar-refractivity contribution in [1.82, 2.24) is 10.3 Å². The van der Waals surface area contributed by atoms with Crippen molar-refractivity contribution in [2.75, 3.05) is 6.54 Å². The second kappa shape index (κ2) is 7.15. The molecule has 20 heavy (non-hydrogen) atoms. The highest BCUT2D eigenvalue weighted by Crippen LogP contribution is 2.32. The van der Waals surface area contributed by atoms with E-state index in [1.807, 2.05) is 19.1 Å². The highest BCUT2D eigenvalue weighted by molar-refractivity contribution is 9.11. The summed E-state index contributed by atoms with van der Waals surface area (Å²) in [5.74, 6) is 0.0481. The van der Waals surface area contributed by atoms with Crippen LogP contribution in [-0.4, -0.2) is 11.5 Å². The number of pyridine rings is 1. The van der Waals surface area contributed by atoms with E-state index in [2.05, 4.69) is 42.2 Å². The second-order valence-electron chi connectivity index (χ2n) is 4.05. The fourth-order valence-electron chi connectivity index (χ4n) is 1.59. The van der Waals surface area contributed by atoms with Crippen LogP contribution in [0, 0.1) is 5.82 Å². The molecule has 0 aliphatic rings. The van der Waals surface area contributed by atoms with Crippen LogP contribution in [-0.2, 0) is 6.54 Å². The van der Waals surface area contributed by atoms with Crippen molar-refractivity contribution < 1.29 is 9.13 Å². The largest absolute Gasteiger partial charge is 0.435 e. The first-order chi connectivity index (χ1) is 9.61. The number of hydrogen-bond donors (Lipinski definition) is 1. The zero-order chi connectivity index (χ0) is 14.5. The lowest BCUT2D eigenvalue weighted by Gasteiger charge is -2.10. The van der Waals surface area contributed by atoms with Crippen LogP contribution in [0.1, 0.15) is 12.5 Å². The first-order valence-corrected chi connectivity index (χ1v) is 7.67. The van der Waals surface area contributed by atoms with Gasteiger partial charge in [-0.1, -0.05) is 22.9 Å². The third-order valence-corrected chi connectivity index (χ3v) is 3.72. The van der Waals surface area contributed by atoms with E-state index in [0.717, 1.165) is 15.5 Å². The maximum Gasteiger partial charge on any atom is 0.256 e. The van der Waals surface area contributed by atoms with Crippen LogP contribution in [0.3, 0.4) is 0 Å². The van der Waals surface area contributed by atoms with Crippen molar-refractivity contribution in [3.05, 3.63) is 50.8 Å². The van der Waals surface area contributed by atoms with Gasteiger partial charge < -0.3 is 10.1 Å². The minimum atomic E-state index is -0.441. The molecule has 2 aromatic rings. The molecule has 0 saturated heterocycles. The van der Waals surface area contributed by atoms with Crippen molar-refractivity contribution in [2.45, 2.75) is 13.5 Å². The molecule has 0 atom stereocenters. The van der Waals surface area contributed by atoms with Crippen LogP contribution in [0.15, 0.2) is 39.4 Å². The molecule has 0 amide bonds. The Hall–Kier alpha value is -0.980. The topological polar surface area (TPSA) is 34.2 Å². The van der Waals surface area contributed by atoms with Gasteiger partial charge in [0.15, 0.2) is 5.82 Å². The summed E-state index contributed by atoms with van der Waals surface area (Å²) in [5, 5.41) is 3.08. The van der Waals surface area contributed by atoms with Gasteiger partial charge in [-0.3, -0.25) is 0 Å². The minimum Gasteiger partial charge on any atom is -0.435 e. The predicted molar refractivity (Wildman–Crippen MR) is 83.5 cm³/mol. The Morgan fingerprint density at radius 1 is 1.30 bits per heavy atom. The lowest BCUT2D eigenvalue weighted by atomic mass is 10.2. The van der Waals surface area contributed by atoms with Gasteiger partial charge in [0.25, 0.3) is 5.88 Å². The van der Waals surface area contributed by atoms with E-state index in [0.29, 0.717) is 17.9 Å². The van der Waals surface area contributed by atoms with Gasteiger partial charge in [0.2, 0.25) is 0 Å². The number of rotatable bonds is 5. The molecule has 0 unspecified atom stereocenters. The molecule has 0 aliphatic carbocycles. The van der Waals surface area contributed by atoms with Crippen LogP contribution < -0.4 is 10.1 Å². The first kappa shape index (κ1) is 15.4. The Bertz CT molecular complexity index is 608. The average molecular weight is 404 g/mol. The number of hydrogen-bond acceptors (Lipinski definition) is 3. The van der Waals surface area contributed by atoms with Gasteiger partial charge in [-0.25, -0.2) is 9.37 Å². The SMILES string of the molecule is CCNCc1ccnc(Oc2ccc(Br)cc2Br)c1F. The van der Waals surface area contributed by atoms with Crippen molar-refractivity contribution >= 4 is 31.9 Å². The Morgan fingerprint density at radius 3 is 2.80 bits per heavy atom. The third kappa shape index (κ3) is 3.77. The molecule has 0 spiro atoms. The van der Waals surface area contributed by atoms with Gasteiger partial charge in [0, 0.05) is 22.8 Å². The first-order valence-electron chi connectivity index (χ1n) is 6.08. The van der Waals surface area contributed by atoms with Crippen LogP contribution >= 0.6 is 31.9 Å². The third-order valence-electron chi connectivity index (χ3n) is 2.60. The summed E-state index contributed by atoms with van der Waals surface area (Å²) < 4.78 is 21.4. The Kier molecular flexibility index (Phi) is 5.51. The van der Waals surface area contributed by atoms with E-state index in [9.17, 15) is 4.39 Å². The average Bonchev–Trinajstić information content (AvgIpc) is 2.42. The standard InChI is InChI=1S/C14H13Br2FN2O/c1-2-18-8-9-5-6-19-14(13(9)17)20-12-4-3-10(15)7-11(12)16/h3-7,18H,2,8H2,1H3. The number of nitrogens with one attached hydrogen (secondary N) is 1. The quantitative estimate of drug-likeness (QED) is 0.789. The summed E-state index contributed by atoms with van der Waals surface area (Å²) in [6, 6.07) is 7.03. The Morgan fingerprint density at radius 2 is 2.10 bits per heavy atom. The zero-order valence-electron chi connectivity index (χ0n) is 10.8. The second-order valence-corrected chi connectivity index (χ2v) is 5.82. The molecular weight excluding hydrogens is 391 g/mol. The maximum atomic E-state index is 14.2. The molecule has 1 heterocycles. The normalized spacial score (nSPS) is 10.6. The molecular formula is C14H13Br2FN2O. The highest BCUT2D eigenvalue weighted by Gasteiger charge is 2.13. The number of benzene rings is 1. The summed E-state index contributed by atoms with van der Waals surface area (Å²) in [5.41, 5.74) is 0.532. The van der Waals surface area contributed by atoms with Gasteiger partial charge in [0.1, 0.15) is 5.75 Å². The smallest absolute Gasteiger partial charge is 0.256 e. The molecule has 106 valence electrons. The molecule has 0 aliphatic heterocycles. The molecule has 1 aromatic carbocycles. The van der Waals surface area contributed by atoms with Gasteiger partial charge >= 0.3 is 0 Å². The van der Waals surface area contributed by atoms with Crippen molar-refractivity contribution in [3.63, 3.8) is 0 Å². The number of halogens is 3. The molecule has 1 N–H and O–H groups in total. The van der Waals surface area contributed by atoms with Crippen molar-refractivity contribution in [1.29, 1.82) is 0 Å². The van der Waals surface area contributed by atoms with Crippen LogP contribution in [0.5, 0.6) is 11.6 Å². The lowest BCUT2D eigenvalue weighted by molar-refractivity contribution is 0.415. The van der Waals surface area contributed by atoms with E-state index in [4.69, 9.17) is 4.74 Å². The van der Waals surface area contributed by atoms with Gasteiger partial charge in [-0.2, -0.15) is 0 Å². The summed E-state index contributed by atoms with van der Waals surface area (Å²) in [7, 11) is 0. The van der Waals surface area contributed by atoms with E-state index in [1.54, 1.807) is 12.1 Å². The summed E-state index contributed by atoms with van der Waals surface area (Å²) in [4.78, 5) is 3.95. The number of ether oxygens (including phenoxy) is 1. The minimum absolute atomic E-state index is 0.0246. The van der Waals surface area contributed by atoms with E-state index < -0.39 is 5.82 Å². The zero-order valence-corrected chi connectivity index (χ0v) is 14.0. The Labute approximate surface area is 133 Å². The van der Waals surface area contributed by atoms with Gasteiger partial charge in [-0.05, 0) is 46.7 Å². The molecule has 0 bridgehead atoms. The fraction of sp³-hybridized carbons (Fsp3) is 0.214. The van der Waals surface area contributed by atoms with E-state index in [-0.39, 0.29) is 5.88 Å². The molecule has 0 radical (unpaired) electrons. The van der Waals surface area contributed by atoms with Gasteiger partial charge in [-0.15, -0.1) is 0 Å². The van der Waals surface area contributed by atoms with E-state index in [1.165, 1.54) is 6.20 Å². The lowest BCUT2D eigenvalue weighted by Crippen LogP contribution is -2.13. The molecule has 2 rings (SSSR count). The predicted octanol–water partition coefficient (Wildman–Crippen LogP) is 4.65. The molecule has 3 nitrogen and oxygen atoms in total. The monoisotopic (exact) mass is 402 g/mol. The van der Waals surface area contributed by atoms with Crippen LogP contribution in [0.2, 0.25) is 0 Å². The summed E-state index contributed by atoms with van der Waals surface area (Å²) in [6.07, 6.45) is 1.54. The molecule has 6 heteroatoms. The van der Waals surface area contributed by atoms with E-state index >= 15 is 0 Å². The van der Waals surface area contributed by atoms with Crippen molar-refractivity contribution in [2.24, 2.45) is 0 Å². The highest BCUT2D eigenvalue weighted by atomic mass is 79.9. The molecule has 0 fully saturated rings. The molecule has 1 aromatic heterocycles. The molecule has 0 saturated carbocycles. The number of nitrogens with zero attached hydrogens (tertiary/aromatic N) is 1. The maximum absolute atomic E-state index is 14.2. The summed E-state index contributed by atoms with van der Waals surface area (Å²) in [6.45, 7) is 3.19. The fourth-order valence-corrected chi connectivity index (χ4v) is 2.72. The van der Waals surface area contributed by atoms with Crippen LogP contribution in [0.4, 0.5) is 4.39 Å².